The fourth-order valence-corrected chi connectivity index (χ4v) is 2.77. The van der Waals surface area contributed by atoms with Crippen LogP contribution < -0.4 is 10.2 Å². The van der Waals surface area contributed by atoms with Crippen LogP contribution in [0.25, 0.3) is 0 Å². The standard InChI is InChI=1S/C22H27ClN6O/c1-16(22(2,3)30)8-9-19(25-4)28-20-18-11-14-29(21(18)27-15-26-20)13-6-5-7-17(23)10-12-24/h5-10,13,15-16,30H,11,14H2,1-4H3,(H,25,26,27,28)/b7-5-,9-8-,13-6+,17-10-. The minimum absolute atomic E-state index is 0.0302. The third-order valence-electron chi connectivity index (χ3n) is 4.78. The number of allylic oxidation sites excluding steroid dienone is 5. The third kappa shape index (κ3) is 6.55. The minimum Gasteiger partial charge on any atom is -0.390 e. The molecule has 0 spiro atoms. The van der Waals surface area contributed by atoms with Gasteiger partial charge in [0.25, 0.3) is 0 Å². The van der Waals surface area contributed by atoms with E-state index in [0.717, 1.165) is 24.3 Å². The second-order valence-corrected chi connectivity index (χ2v) is 7.80. The lowest BCUT2D eigenvalue weighted by molar-refractivity contribution is 0.0441. The van der Waals surface area contributed by atoms with Gasteiger partial charge in [-0.05, 0) is 38.5 Å². The van der Waals surface area contributed by atoms with Gasteiger partial charge in [-0.3, -0.25) is 4.99 Å². The molecular weight excluding hydrogens is 400 g/mol. The summed E-state index contributed by atoms with van der Waals surface area (Å²) in [7, 11) is 1.70. The van der Waals surface area contributed by atoms with Crippen molar-refractivity contribution in [3.8, 4) is 6.07 Å². The summed E-state index contributed by atoms with van der Waals surface area (Å²) in [6.45, 7) is 6.29. The molecule has 0 saturated carbocycles. The topological polar surface area (TPSA) is 97.4 Å². The Morgan fingerprint density at radius 2 is 2.17 bits per heavy atom. The molecule has 1 aromatic rings. The Labute approximate surface area is 182 Å². The lowest BCUT2D eigenvalue weighted by Crippen LogP contribution is -2.27. The summed E-state index contributed by atoms with van der Waals surface area (Å²) in [5.41, 5.74) is 0.208. The lowest BCUT2D eigenvalue weighted by atomic mass is 9.92. The van der Waals surface area contributed by atoms with Crippen molar-refractivity contribution >= 4 is 29.1 Å². The molecule has 0 radical (unpaired) electrons. The maximum Gasteiger partial charge on any atom is 0.141 e. The Balaban J connectivity index is 2.12. The van der Waals surface area contributed by atoms with Crippen LogP contribution in [0, 0.1) is 17.2 Å². The number of aromatic nitrogens is 2. The summed E-state index contributed by atoms with van der Waals surface area (Å²) in [5.74, 6) is 2.17. The Hall–Kier alpha value is -2.95. The van der Waals surface area contributed by atoms with Gasteiger partial charge in [-0.25, -0.2) is 9.97 Å². The second-order valence-electron chi connectivity index (χ2n) is 7.36. The number of hydrogen-bond donors (Lipinski definition) is 2. The zero-order valence-corrected chi connectivity index (χ0v) is 18.4. The molecule has 0 saturated heterocycles. The smallest absolute Gasteiger partial charge is 0.141 e. The number of amidine groups is 1. The van der Waals surface area contributed by atoms with Gasteiger partial charge in [-0.2, -0.15) is 5.26 Å². The van der Waals surface area contributed by atoms with Crippen molar-refractivity contribution in [1.29, 1.82) is 5.26 Å². The number of nitrogens with one attached hydrogen (secondary N) is 1. The summed E-state index contributed by atoms with van der Waals surface area (Å²) >= 11 is 5.86. The van der Waals surface area contributed by atoms with E-state index in [1.54, 1.807) is 33.0 Å². The van der Waals surface area contributed by atoms with Gasteiger partial charge in [0.1, 0.15) is 23.8 Å². The molecule has 0 bridgehead atoms. The number of hydrogen-bond acceptors (Lipinski definition) is 6. The molecule has 7 nitrogen and oxygen atoms in total. The fourth-order valence-electron chi connectivity index (χ4n) is 2.65. The molecule has 30 heavy (non-hydrogen) atoms. The Kier molecular flexibility index (Phi) is 8.34. The largest absolute Gasteiger partial charge is 0.390 e. The summed E-state index contributed by atoms with van der Waals surface area (Å²) in [6.07, 6.45) is 14.5. The van der Waals surface area contributed by atoms with Crippen molar-refractivity contribution in [1.82, 2.24) is 9.97 Å². The van der Waals surface area contributed by atoms with Crippen LogP contribution in [0.5, 0.6) is 0 Å². The van der Waals surface area contributed by atoms with Gasteiger partial charge < -0.3 is 15.3 Å². The van der Waals surface area contributed by atoms with Crippen molar-refractivity contribution in [3.05, 3.63) is 59.6 Å². The van der Waals surface area contributed by atoms with Gasteiger partial charge in [0.05, 0.1) is 16.7 Å². The zero-order chi connectivity index (χ0) is 22.1. The molecule has 2 heterocycles. The average molecular weight is 427 g/mol. The second kappa shape index (κ2) is 10.7. The minimum atomic E-state index is -0.804. The Morgan fingerprint density at radius 1 is 1.40 bits per heavy atom. The van der Waals surface area contributed by atoms with Gasteiger partial charge in [0.2, 0.25) is 0 Å². The van der Waals surface area contributed by atoms with E-state index in [4.69, 9.17) is 16.9 Å². The predicted molar refractivity (Wildman–Crippen MR) is 122 cm³/mol. The number of aliphatic hydroxyl groups is 1. The van der Waals surface area contributed by atoms with Gasteiger partial charge in [-0.15, -0.1) is 0 Å². The van der Waals surface area contributed by atoms with Crippen LogP contribution in [0.1, 0.15) is 26.3 Å². The maximum atomic E-state index is 10.1. The van der Waals surface area contributed by atoms with Crippen LogP contribution >= 0.6 is 11.6 Å². The molecule has 158 valence electrons. The maximum absolute atomic E-state index is 10.1. The summed E-state index contributed by atoms with van der Waals surface area (Å²) in [5, 5.41) is 22.3. The first-order valence-electron chi connectivity index (χ1n) is 9.61. The van der Waals surface area contributed by atoms with Crippen LogP contribution in [-0.4, -0.2) is 40.1 Å². The van der Waals surface area contributed by atoms with E-state index in [2.05, 4.69) is 20.3 Å². The van der Waals surface area contributed by atoms with Crippen LogP contribution in [0.15, 0.2) is 59.0 Å². The predicted octanol–water partition coefficient (Wildman–Crippen LogP) is 3.96. The monoisotopic (exact) mass is 426 g/mol. The molecule has 1 aliphatic rings. The molecule has 0 aromatic carbocycles. The summed E-state index contributed by atoms with van der Waals surface area (Å²) in [6, 6.07) is 1.88. The van der Waals surface area contributed by atoms with Crippen molar-refractivity contribution in [2.45, 2.75) is 32.8 Å². The first-order valence-corrected chi connectivity index (χ1v) is 9.99. The van der Waals surface area contributed by atoms with Crippen LogP contribution in [0.3, 0.4) is 0 Å². The molecule has 2 N–H and O–H groups in total. The van der Waals surface area contributed by atoms with Gasteiger partial charge >= 0.3 is 0 Å². The summed E-state index contributed by atoms with van der Waals surface area (Å²) < 4.78 is 0. The molecular formula is C22H27ClN6O. The highest BCUT2D eigenvalue weighted by Crippen LogP contribution is 2.30. The van der Waals surface area contributed by atoms with E-state index in [1.807, 2.05) is 42.3 Å². The normalized spacial score (nSPS) is 16.5. The van der Waals surface area contributed by atoms with Crippen LogP contribution in [0.2, 0.25) is 0 Å². The average Bonchev–Trinajstić information content (AvgIpc) is 3.11. The van der Waals surface area contributed by atoms with Crippen LogP contribution in [-0.2, 0) is 6.42 Å². The Bertz CT molecular complexity index is 934. The highest BCUT2D eigenvalue weighted by Gasteiger charge is 2.23. The molecule has 0 amide bonds. The molecule has 1 unspecified atom stereocenters. The van der Waals surface area contributed by atoms with E-state index in [9.17, 15) is 5.11 Å². The molecule has 2 rings (SSSR count). The first kappa shape index (κ1) is 23.3. The van der Waals surface area contributed by atoms with Gasteiger partial charge in [-0.1, -0.05) is 30.7 Å². The van der Waals surface area contributed by atoms with Gasteiger partial charge in [0, 0.05) is 37.3 Å². The molecule has 0 aliphatic carbocycles. The number of halogens is 1. The number of nitrogens with zero attached hydrogens (tertiary/aromatic N) is 5. The summed E-state index contributed by atoms with van der Waals surface area (Å²) in [4.78, 5) is 15.1. The van der Waals surface area contributed by atoms with E-state index in [1.165, 1.54) is 12.4 Å². The molecule has 1 atom stereocenters. The molecule has 8 heteroatoms. The third-order valence-corrected chi connectivity index (χ3v) is 5.01. The van der Waals surface area contributed by atoms with Crippen molar-refractivity contribution in [2.75, 3.05) is 23.8 Å². The van der Waals surface area contributed by atoms with Crippen molar-refractivity contribution < 1.29 is 5.11 Å². The number of anilines is 2. The molecule has 1 aromatic heterocycles. The number of rotatable bonds is 7. The van der Waals surface area contributed by atoms with Gasteiger partial charge in [0.15, 0.2) is 0 Å². The first-order chi connectivity index (χ1) is 14.3. The molecule has 0 fully saturated rings. The quantitative estimate of drug-likeness (QED) is 0.296. The molecule has 1 aliphatic heterocycles. The Morgan fingerprint density at radius 3 is 2.83 bits per heavy atom. The van der Waals surface area contributed by atoms with E-state index < -0.39 is 5.60 Å². The van der Waals surface area contributed by atoms with E-state index in [-0.39, 0.29) is 5.92 Å². The van der Waals surface area contributed by atoms with E-state index >= 15 is 0 Å². The lowest BCUT2D eigenvalue weighted by Gasteiger charge is -2.22. The highest BCUT2D eigenvalue weighted by atomic mass is 35.5. The number of nitriles is 1. The highest BCUT2D eigenvalue weighted by molar-refractivity contribution is 6.31. The number of aliphatic imine (C=N–C) groups is 1. The number of fused-ring (bicyclic) bond motifs is 1. The zero-order valence-electron chi connectivity index (χ0n) is 17.7. The van der Waals surface area contributed by atoms with Crippen molar-refractivity contribution in [2.24, 2.45) is 10.9 Å². The van der Waals surface area contributed by atoms with Crippen LogP contribution in [0.4, 0.5) is 11.6 Å². The van der Waals surface area contributed by atoms with E-state index in [0.29, 0.717) is 16.7 Å². The fraction of sp³-hybridized carbons (Fsp3) is 0.364. The van der Waals surface area contributed by atoms with Crippen molar-refractivity contribution in [3.63, 3.8) is 0 Å². The SMILES string of the molecule is C/N=C(\C=C/C(C)C(C)(C)O)Nc1ncnc2c1CCN2/C=C/C=C\C(Cl)=C\C#N.